The number of methoxy groups -OCH3 is 1. The van der Waals surface area contributed by atoms with Crippen molar-refractivity contribution in [2.75, 3.05) is 7.11 Å². The predicted octanol–water partition coefficient (Wildman–Crippen LogP) is 4.59. The molecular formula is C34H34CdN4O3-4. The van der Waals surface area contributed by atoms with E-state index in [1.807, 2.05) is 31.2 Å². The fourth-order valence-electron chi connectivity index (χ4n) is 6.64. The van der Waals surface area contributed by atoms with Gasteiger partial charge in [-0.25, -0.2) is 0 Å². The van der Waals surface area contributed by atoms with Crippen LogP contribution in [0.3, 0.4) is 0 Å². The molecule has 3 aliphatic rings. The van der Waals surface area contributed by atoms with Crippen LogP contribution in [0.2, 0.25) is 0 Å². The van der Waals surface area contributed by atoms with E-state index in [-0.39, 0.29) is 63.7 Å². The number of allylic oxidation sites excluding steroid dienone is 3. The third-order valence-electron chi connectivity index (χ3n) is 9.08. The maximum absolute atomic E-state index is 13.4. The average molecular weight is 659 g/mol. The summed E-state index contributed by atoms with van der Waals surface area (Å²) in [7, 11) is 1.41. The van der Waals surface area contributed by atoms with Gasteiger partial charge in [0, 0.05) is 45.7 Å². The standard InChI is InChI=1S/C34H35N4O3.Cd/c1-8-20-16(3)24-13-26-18(5)22(10-11-31(40)41-7)33(37-26)23-12-30(39)32-19(6)27(38-34(23)32)15-29-21(9-2)17(4)25(36-29)14-28(20)35-24;/h8,13-15,18,22H,1,9-12H2,2-7H3,(H-,37,38,39);/q-3;/p-1/b25-14-,26-13-,29-15-;. The van der Waals surface area contributed by atoms with Crippen molar-refractivity contribution in [3.8, 4) is 0 Å². The van der Waals surface area contributed by atoms with E-state index >= 15 is 0 Å². The molecule has 42 heavy (non-hydrogen) atoms. The van der Waals surface area contributed by atoms with Crippen LogP contribution in [0.5, 0.6) is 0 Å². The van der Waals surface area contributed by atoms with E-state index in [2.05, 4.69) is 34.3 Å². The second kappa shape index (κ2) is 11.4. The van der Waals surface area contributed by atoms with Crippen LogP contribution < -0.4 is 25.7 Å². The zero-order valence-electron chi connectivity index (χ0n) is 25.2. The van der Waals surface area contributed by atoms with Gasteiger partial charge in [-0.15, -0.1) is 33.5 Å². The van der Waals surface area contributed by atoms with Crippen LogP contribution in [0.15, 0.2) is 18.0 Å². The average Bonchev–Trinajstić information content (AvgIpc) is 3.70. The van der Waals surface area contributed by atoms with E-state index in [1.165, 1.54) is 7.11 Å². The van der Waals surface area contributed by atoms with Gasteiger partial charge in [-0.2, -0.15) is 11.4 Å². The summed E-state index contributed by atoms with van der Waals surface area (Å²) in [6, 6.07) is 0. The number of Topliss-reactive ketones (excluding diaryl/α,β-unsaturated/α-hetero) is 1. The Labute approximate surface area is 266 Å². The summed E-state index contributed by atoms with van der Waals surface area (Å²) in [5.41, 5.74) is 11.5. The molecule has 8 heteroatoms. The van der Waals surface area contributed by atoms with E-state index < -0.39 is 0 Å². The number of ether oxygens (including phenoxy) is 1. The van der Waals surface area contributed by atoms with Gasteiger partial charge in [0.2, 0.25) is 0 Å². The number of carbonyl (C=O) groups is 2. The van der Waals surface area contributed by atoms with Gasteiger partial charge in [0.25, 0.3) is 0 Å². The van der Waals surface area contributed by atoms with Crippen molar-refractivity contribution in [1.82, 2.24) is 15.0 Å². The number of nitrogens with zero attached hydrogens (tertiary/aromatic N) is 4. The third kappa shape index (κ3) is 4.69. The summed E-state index contributed by atoms with van der Waals surface area (Å²) in [6.45, 7) is 14.4. The minimum absolute atomic E-state index is 0. The Morgan fingerprint density at radius 1 is 1.02 bits per heavy atom. The molecule has 1 saturated heterocycles. The molecule has 2 atom stereocenters. The Balaban J connectivity index is 0.00000353. The quantitative estimate of drug-likeness (QED) is 0.294. The predicted molar refractivity (Wildman–Crippen MR) is 160 cm³/mol. The molecule has 0 radical (unpaired) electrons. The van der Waals surface area contributed by atoms with Gasteiger partial charge in [-0.1, -0.05) is 72.6 Å². The second-order valence-corrected chi connectivity index (χ2v) is 11.3. The number of carbonyl (C=O) groups excluding carboxylic acids is 2. The van der Waals surface area contributed by atoms with Gasteiger partial charge in [0.15, 0.2) is 5.78 Å². The molecule has 0 N–H and O–H groups in total. The molecule has 0 amide bonds. The van der Waals surface area contributed by atoms with E-state index in [0.717, 1.165) is 79.0 Å². The van der Waals surface area contributed by atoms with Crippen molar-refractivity contribution in [2.24, 2.45) is 11.8 Å². The molecule has 3 aromatic rings. The van der Waals surface area contributed by atoms with Crippen molar-refractivity contribution in [2.45, 2.75) is 60.3 Å². The van der Waals surface area contributed by atoms with Crippen LogP contribution in [-0.4, -0.2) is 18.9 Å². The summed E-state index contributed by atoms with van der Waals surface area (Å²) >= 11 is 0. The molecule has 0 aromatic carbocycles. The Kier molecular flexibility index (Phi) is 8.17. The number of ketones is 1. The smallest absolute Gasteiger partial charge is 0.305 e. The molecule has 214 valence electrons. The number of aromatic nitrogens is 3. The monoisotopic (exact) mass is 660 g/mol. The van der Waals surface area contributed by atoms with Gasteiger partial charge >= 0.3 is 5.97 Å². The normalized spacial score (nSPS) is 23.2. The molecule has 2 aliphatic heterocycles. The molecule has 5 heterocycles. The second-order valence-electron chi connectivity index (χ2n) is 11.3. The van der Waals surface area contributed by atoms with Crippen molar-refractivity contribution in [1.29, 1.82) is 0 Å². The Hall–Kier alpha value is -3.34. The molecule has 1 aliphatic carbocycles. The summed E-state index contributed by atoms with van der Waals surface area (Å²) < 4.78 is 4.95. The zero-order chi connectivity index (χ0) is 29.2. The first-order valence-electron chi connectivity index (χ1n) is 14.3. The molecule has 1 fully saturated rings. The molecule has 7 nitrogen and oxygen atoms in total. The van der Waals surface area contributed by atoms with Gasteiger partial charge in [0.05, 0.1) is 7.11 Å². The molecule has 0 saturated carbocycles. The Morgan fingerprint density at radius 3 is 2.43 bits per heavy atom. The fraction of sp³-hybridized carbons (Fsp3) is 0.353. The van der Waals surface area contributed by atoms with Crippen LogP contribution in [-0.2, 0) is 43.3 Å². The molecule has 8 bridgehead atoms. The van der Waals surface area contributed by atoms with Crippen molar-refractivity contribution < 1.29 is 41.6 Å². The number of hydrogen-bond donors (Lipinski definition) is 0. The third-order valence-corrected chi connectivity index (χ3v) is 9.08. The summed E-state index contributed by atoms with van der Waals surface area (Å²) in [4.78, 5) is 40.6. The first-order valence-corrected chi connectivity index (χ1v) is 14.3. The maximum atomic E-state index is 13.4. The van der Waals surface area contributed by atoms with E-state index in [0.29, 0.717) is 17.7 Å². The Morgan fingerprint density at radius 2 is 1.74 bits per heavy atom. The number of esters is 1. The van der Waals surface area contributed by atoms with Gasteiger partial charge in [-0.3, -0.25) is 9.59 Å². The maximum Gasteiger partial charge on any atom is 0.305 e. The van der Waals surface area contributed by atoms with Gasteiger partial charge in [-0.05, 0) is 51.0 Å². The first-order chi connectivity index (χ1) is 19.7. The van der Waals surface area contributed by atoms with Crippen molar-refractivity contribution in [3.05, 3.63) is 90.1 Å². The fourth-order valence-corrected chi connectivity index (χ4v) is 6.64. The van der Waals surface area contributed by atoms with Crippen LogP contribution in [0.4, 0.5) is 0 Å². The summed E-state index contributed by atoms with van der Waals surface area (Å²) in [6.07, 6.45) is 9.87. The largest absolute Gasteiger partial charge is 0.664 e. The van der Waals surface area contributed by atoms with Crippen LogP contribution in [0.1, 0.15) is 94.1 Å². The van der Waals surface area contributed by atoms with E-state index in [1.54, 1.807) is 0 Å². The molecule has 6 rings (SSSR count). The van der Waals surface area contributed by atoms with Crippen LogP contribution in [0, 0.1) is 32.6 Å². The van der Waals surface area contributed by atoms with Crippen LogP contribution >= 0.6 is 0 Å². The molecule has 3 aromatic heterocycles. The van der Waals surface area contributed by atoms with Gasteiger partial charge < -0.3 is 25.0 Å². The molecular weight excluding hydrogens is 625 g/mol. The number of rotatable bonds is 5. The summed E-state index contributed by atoms with van der Waals surface area (Å²) in [5.74, 6) is -0.233. The van der Waals surface area contributed by atoms with Gasteiger partial charge in [0.1, 0.15) is 0 Å². The zero-order valence-corrected chi connectivity index (χ0v) is 29.3. The first kappa shape index (κ1) is 30.1. The molecule has 2 unspecified atom stereocenters. The SMILES string of the molecule is C=Cc1c2[n-]c(c1C)/C=C1\[N-]/C(=C3/CC(=O)c4c3[n-]c(c4C)/C=c3\[n-]/c(c(C)c3CC)=C\2)C(CCC(=O)OC)C1C.[Cd]. The minimum atomic E-state index is -0.257. The Bertz CT molecular complexity index is 1830. The van der Waals surface area contributed by atoms with Crippen LogP contribution in [0.25, 0.3) is 35.2 Å². The summed E-state index contributed by atoms with van der Waals surface area (Å²) in [5, 5.41) is 6.89. The van der Waals surface area contributed by atoms with Crippen molar-refractivity contribution >= 4 is 41.6 Å². The van der Waals surface area contributed by atoms with E-state index in [4.69, 9.17) is 25.0 Å². The minimum Gasteiger partial charge on any atom is -0.664 e. The van der Waals surface area contributed by atoms with Crippen molar-refractivity contribution in [3.63, 3.8) is 0 Å². The number of hydrogen-bond acceptors (Lipinski definition) is 3. The number of fused-ring (bicyclic) bond motifs is 7. The topological polar surface area (TPSA) is 99.8 Å². The van der Waals surface area contributed by atoms with E-state index in [9.17, 15) is 9.59 Å². The molecule has 0 spiro atoms.